The second-order valence-corrected chi connectivity index (χ2v) is 6.74. The van der Waals surface area contributed by atoms with Gasteiger partial charge in [-0.25, -0.2) is 4.85 Å². The first-order chi connectivity index (χ1) is 13.4. The highest BCUT2D eigenvalue weighted by Gasteiger charge is 2.34. The number of benzene rings is 2. The van der Waals surface area contributed by atoms with E-state index >= 15 is 0 Å². The number of aldehydes is 1. The van der Waals surface area contributed by atoms with Crippen molar-refractivity contribution in [2.24, 2.45) is 5.92 Å². The molecule has 0 N–H and O–H groups in total. The second kappa shape index (κ2) is 8.34. The van der Waals surface area contributed by atoms with Crippen LogP contribution in [0.25, 0.3) is 4.85 Å². The third-order valence-corrected chi connectivity index (χ3v) is 4.59. The summed E-state index contributed by atoms with van der Waals surface area (Å²) in [5.74, 6) is 1.07. The summed E-state index contributed by atoms with van der Waals surface area (Å²) in [6, 6.07) is 10.5. The van der Waals surface area contributed by atoms with Crippen molar-refractivity contribution in [3.05, 3.63) is 65.0 Å². The summed E-state index contributed by atoms with van der Waals surface area (Å²) >= 11 is 0. The highest BCUT2D eigenvalue weighted by Crippen LogP contribution is 2.39. The van der Waals surface area contributed by atoms with E-state index < -0.39 is 17.4 Å². The van der Waals surface area contributed by atoms with Gasteiger partial charge in [0.2, 0.25) is 0 Å². The molecule has 0 amide bonds. The standard InChI is InChI=1S/C21H19F3N2O2/c1-25-20-9-6-17(12-19(20)21(22,23)24)26(13-15-2-3-15)10-11-28-18-7-4-16(14-27)5-8-18/h4-9,12,14-15H,2-3,10-11,13H2. The number of carbonyl (C=O) groups excluding carboxylic acids is 1. The average Bonchev–Trinajstić information content (AvgIpc) is 3.50. The van der Waals surface area contributed by atoms with Crippen LogP contribution in [0.1, 0.15) is 28.8 Å². The van der Waals surface area contributed by atoms with Gasteiger partial charge in [-0.15, -0.1) is 0 Å². The molecule has 7 heteroatoms. The Hall–Kier alpha value is -3.01. The number of alkyl halides is 3. The summed E-state index contributed by atoms with van der Waals surface area (Å²) in [4.78, 5) is 15.5. The van der Waals surface area contributed by atoms with Crippen LogP contribution in [0, 0.1) is 12.5 Å². The van der Waals surface area contributed by atoms with Crippen LogP contribution in [0.4, 0.5) is 24.5 Å². The van der Waals surface area contributed by atoms with Gasteiger partial charge in [-0.05, 0) is 55.2 Å². The topological polar surface area (TPSA) is 33.9 Å². The van der Waals surface area contributed by atoms with Crippen LogP contribution in [-0.4, -0.2) is 26.0 Å². The molecule has 1 fully saturated rings. The molecule has 1 saturated carbocycles. The summed E-state index contributed by atoms with van der Waals surface area (Å²) in [5.41, 5.74) is -0.325. The van der Waals surface area contributed by atoms with E-state index in [1.165, 1.54) is 6.07 Å². The number of hydrogen-bond donors (Lipinski definition) is 0. The molecule has 0 heterocycles. The molecule has 28 heavy (non-hydrogen) atoms. The molecule has 0 atom stereocenters. The number of anilines is 1. The molecular weight excluding hydrogens is 369 g/mol. The van der Waals surface area contributed by atoms with Crippen molar-refractivity contribution >= 4 is 17.7 Å². The zero-order valence-corrected chi connectivity index (χ0v) is 15.1. The Morgan fingerprint density at radius 2 is 1.89 bits per heavy atom. The number of halogens is 3. The largest absolute Gasteiger partial charge is 0.492 e. The van der Waals surface area contributed by atoms with Crippen LogP contribution in [0.2, 0.25) is 0 Å². The van der Waals surface area contributed by atoms with Gasteiger partial charge in [0.25, 0.3) is 0 Å². The van der Waals surface area contributed by atoms with E-state index in [-0.39, 0.29) is 0 Å². The minimum absolute atomic E-state index is 0.291. The van der Waals surface area contributed by atoms with E-state index in [1.54, 1.807) is 30.3 Å². The lowest BCUT2D eigenvalue weighted by atomic mass is 10.1. The molecule has 0 aliphatic heterocycles. The Morgan fingerprint density at radius 1 is 1.18 bits per heavy atom. The molecule has 4 nitrogen and oxygen atoms in total. The Balaban J connectivity index is 1.72. The first kappa shape index (κ1) is 19.7. The van der Waals surface area contributed by atoms with E-state index in [1.807, 2.05) is 4.90 Å². The van der Waals surface area contributed by atoms with Gasteiger partial charge < -0.3 is 9.64 Å². The van der Waals surface area contributed by atoms with Gasteiger partial charge in [-0.1, -0.05) is 6.07 Å². The number of nitrogens with zero attached hydrogens (tertiary/aromatic N) is 2. The van der Waals surface area contributed by atoms with Crippen molar-refractivity contribution in [3.63, 3.8) is 0 Å². The van der Waals surface area contributed by atoms with Crippen molar-refractivity contribution in [2.75, 3.05) is 24.6 Å². The van der Waals surface area contributed by atoms with Crippen LogP contribution < -0.4 is 9.64 Å². The van der Waals surface area contributed by atoms with Crippen LogP contribution in [0.3, 0.4) is 0 Å². The van der Waals surface area contributed by atoms with E-state index in [4.69, 9.17) is 11.3 Å². The molecule has 3 rings (SSSR count). The highest BCUT2D eigenvalue weighted by atomic mass is 19.4. The summed E-state index contributed by atoms with van der Waals surface area (Å²) in [6.45, 7) is 8.33. The van der Waals surface area contributed by atoms with Crippen molar-refractivity contribution < 1.29 is 22.7 Å². The maximum absolute atomic E-state index is 13.3. The number of ether oxygens (including phenoxy) is 1. The molecule has 0 unspecified atom stereocenters. The van der Waals surface area contributed by atoms with Gasteiger partial charge in [0.05, 0.1) is 18.7 Å². The third kappa shape index (κ3) is 5.03. The minimum Gasteiger partial charge on any atom is -0.492 e. The average molecular weight is 388 g/mol. The lowest BCUT2D eigenvalue weighted by Crippen LogP contribution is -2.30. The minimum atomic E-state index is -4.57. The monoisotopic (exact) mass is 388 g/mol. The van der Waals surface area contributed by atoms with Crippen molar-refractivity contribution in [1.82, 2.24) is 0 Å². The van der Waals surface area contributed by atoms with Gasteiger partial charge in [-0.2, -0.15) is 13.2 Å². The Bertz CT molecular complexity index is 869. The Labute approximate surface area is 161 Å². The summed E-state index contributed by atoms with van der Waals surface area (Å²) in [5, 5.41) is 0. The van der Waals surface area contributed by atoms with Gasteiger partial charge in [0.1, 0.15) is 18.6 Å². The predicted octanol–water partition coefficient (Wildman–Crippen LogP) is 5.36. The maximum atomic E-state index is 13.3. The number of carbonyl (C=O) groups is 1. The van der Waals surface area contributed by atoms with Crippen molar-refractivity contribution in [2.45, 2.75) is 19.0 Å². The van der Waals surface area contributed by atoms with Crippen LogP contribution in [-0.2, 0) is 6.18 Å². The van der Waals surface area contributed by atoms with Gasteiger partial charge >= 0.3 is 6.18 Å². The molecule has 2 aromatic rings. The molecule has 0 bridgehead atoms. The first-order valence-corrected chi connectivity index (χ1v) is 8.92. The maximum Gasteiger partial charge on any atom is 0.407 e. The highest BCUT2D eigenvalue weighted by molar-refractivity contribution is 5.74. The molecule has 1 aliphatic rings. The number of hydrogen-bond acceptors (Lipinski definition) is 3. The van der Waals surface area contributed by atoms with Crippen molar-refractivity contribution in [1.29, 1.82) is 0 Å². The lowest BCUT2D eigenvalue weighted by molar-refractivity contribution is -0.136. The molecular formula is C21H19F3N2O2. The van der Waals surface area contributed by atoms with E-state index in [9.17, 15) is 18.0 Å². The number of rotatable bonds is 8. The van der Waals surface area contributed by atoms with Gasteiger partial charge in [-0.3, -0.25) is 4.79 Å². The second-order valence-electron chi connectivity index (χ2n) is 6.74. The molecule has 0 aromatic heterocycles. The fraction of sp³-hybridized carbons (Fsp3) is 0.333. The normalized spacial score (nSPS) is 13.6. The molecule has 0 saturated heterocycles. The smallest absolute Gasteiger partial charge is 0.407 e. The molecule has 146 valence electrons. The van der Waals surface area contributed by atoms with Crippen molar-refractivity contribution in [3.8, 4) is 5.75 Å². The summed E-state index contributed by atoms with van der Waals surface area (Å²) in [7, 11) is 0. The summed E-state index contributed by atoms with van der Waals surface area (Å²) in [6.07, 6.45) is -1.70. The van der Waals surface area contributed by atoms with Gasteiger partial charge in [0, 0.05) is 17.8 Å². The Kier molecular flexibility index (Phi) is 5.88. The third-order valence-electron chi connectivity index (χ3n) is 4.59. The fourth-order valence-corrected chi connectivity index (χ4v) is 2.90. The fourth-order valence-electron chi connectivity index (χ4n) is 2.90. The van der Waals surface area contributed by atoms with E-state index in [2.05, 4.69) is 4.85 Å². The first-order valence-electron chi connectivity index (χ1n) is 8.92. The molecule has 0 spiro atoms. The van der Waals surface area contributed by atoms with Gasteiger partial charge in [0.15, 0.2) is 5.69 Å². The van der Waals surface area contributed by atoms with Crippen LogP contribution >= 0.6 is 0 Å². The predicted molar refractivity (Wildman–Crippen MR) is 100.0 cm³/mol. The zero-order valence-electron chi connectivity index (χ0n) is 15.1. The quantitative estimate of drug-likeness (QED) is 0.451. The van der Waals surface area contributed by atoms with E-state index in [0.717, 1.165) is 25.2 Å². The molecule has 1 aliphatic carbocycles. The van der Waals surface area contributed by atoms with E-state index in [0.29, 0.717) is 42.6 Å². The molecule has 0 radical (unpaired) electrons. The summed E-state index contributed by atoms with van der Waals surface area (Å²) < 4.78 is 45.5. The Morgan fingerprint density at radius 3 is 2.46 bits per heavy atom. The molecule has 2 aromatic carbocycles. The van der Waals surface area contributed by atoms with Crippen LogP contribution in [0.5, 0.6) is 5.75 Å². The SMILES string of the molecule is [C-]#[N+]c1ccc(N(CCOc2ccc(C=O)cc2)CC2CC2)cc1C(F)(F)F. The lowest BCUT2D eigenvalue weighted by Gasteiger charge is -2.26. The van der Waals surface area contributed by atoms with Crippen LogP contribution in [0.15, 0.2) is 42.5 Å². The zero-order chi connectivity index (χ0) is 20.1.